The molecular weight excluding hydrogens is 512 g/mol. The lowest BCUT2D eigenvalue weighted by Crippen LogP contribution is -2.35. The van der Waals surface area contributed by atoms with E-state index in [4.69, 9.17) is 4.42 Å². The minimum atomic E-state index is -3.84. The normalized spacial score (nSPS) is 13.6. The van der Waals surface area contributed by atoms with E-state index >= 15 is 0 Å². The lowest BCUT2D eigenvalue weighted by molar-refractivity contribution is -0.286. The van der Waals surface area contributed by atoms with Gasteiger partial charge in [-0.15, -0.1) is 8.78 Å². The highest BCUT2D eigenvalue weighted by molar-refractivity contribution is 5.94. The topological polar surface area (TPSA) is 111 Å². The van der Waals surface area contributed by atoms with Crippen LogP contribution in [0.1, 0.15) is 23.1 Å². The van der Waals surface area contributed by atoms with Crippen molar-refractivity contribution in [1.82, 2.24) is 9.78 Å². The lowest BCUT2D eigenvalue weighted by atomic mass is 10.0. The molecule has 0 atom stereocenters. The molecule has 194 valence electrons. The SMILES string of the molecule is Cc1cc2c(cc1N(C)C(=O)Cn1nc(-c3cc(C#N)cc(C(F)F)c3)c3occc3c1=O)OC(F)(F)O2. The minimum Gasteiger partial charge on any atom is -0.462 e. The van der Waals surface area contributed by atoms with Gasteiger partial charge in [0.05, 0.1) is 29.0 Å². The number of carbonyl (C=O) groups excluding carboxylic acids is 1. The van der Waals surface area contributed by atoms with E-state index in [-0.39, 0.29) is 45.0 Å². The number of aryl methyl sites for hydroxylation is 1. The molecule has 0 aliphatic carbocycles. The Hall–Kier alpha value is -4.86. The molecule has 0 saturated carbocycles. The summed E-state index contributed by atoms with van der Waals surface area (Å²) in [6, 6.07) is 9.11. The number of likely N-dealkylation sites (N-methyl/N-ethyl adjacent to an activating group) is 1. The lowest BCUT2D eigenvalue weighted by Gasteiger charge is -2.20. The molecule has 1 amide bonds. The van der Waals surface area contributed by atoms with Gasteiger partial charge in [0.25, 0.3) is 12.0 Å². The summed E-state index contributed by atoms with van der Waals surface area (Å²) in [4.78, 5) is 27.3. The summed E-state index contributed by atoms with van der Waals surface area (Å²) >= 11 is 0. The van der Waals surface area contributed by atoms with Gasteiger partial charge in [-0.25, -0.2) is 13.5 Å². The molecule has 0 N–H and O–H groups in total. The van der Waals surface area contributed by atoms with Crippen molar-refractivity contribution in [3.63, 3.8) is 0 Å². The van der Waals surface area contributed by atoms with Crippen LogP contribution in [0.5, 0.6) is 11.5 Å². The molecule has 2 aromatic carbocycles. The quantitative estimate of drug-likeness (QED) is 0.344. The second kappa shape index (κ2) is 8.91. The average molecular weight is 528 g/mol. The van der Waals surface area contributed by atoms with Crippen molar-refractivity contribution in [3.8, 4) is 28.8 Å². The maximum atomic E-state index is 13.4. The second-order valence-electron chi connectivity index (χ2n) is 8.44. The van der Waals surface area contributed by atoms with Gasteiger partial charge in [-0.2, -0.15) is 10.4 Å². The van der Waals surface area contributed by atoms with Crippen LogP contribution in [0.25, 0.3) is 22.2 Å². The Morgan fingerprint density at radius 1 is 1.18 bits per heavy atom. The summed E-state index contributed by atoms with van der Waals surface area (Å²) in [6.45, 7) is 0.981. The molecule has 1 aliphatic rings. The van der Waals surface area contributed by atoms with Gasteiger partial charge in [0, 0.05) is 24.2 Å². The number of halogens is 4. The number of nitriles is 1. The largest absolute Gasteiger partial charge is 0.586 e. The van der Waals surface area contributed by atoms with E-state index in [1.807, 2.05) is 0 Å². The minimum absolute atomic E-state index is 0.00472. The monoisotopic (exact) mass is 528 g/mol. The van der Waals surface area contributed by atoms with Gasteiger partial charge >= 0.3 is 6.29 Å². The number of fused-ring (bicyclic) bond motifs is 2. The summed E-state index contributed by atoms with van der Waals surface area (Å²) in [5.41, 5.74) is -0.491. The number of carbonyl (C=O) groups is 1. The van der Waals surface area contributed by atoms with Gasteiger partial charge in [-0.3, -0.25) is 9.59 Å². The van der Waals surface area contributed by atoms with Crippen molar-refractivity contribution in [2.45, 2.75) is 26.2 Å². The van der Waals surface area contributed by atoms with Gasteiger partial charge in [-0.05, 0) is 42.8 Å². The molecule has 0 bridgehead atoms. The Balaban J connectivity index is 1.53. The summed E-state index contributed by atoms with van der Waals surface area (Å²) < 4.78 is 68.9. The summed E-state index contributed by atoms with van der Waals surface area (Å²) in [5.74, 6) is -1.10. The fourth-order valence-electron chi connectivity index (χ4n) is 4.10. The van der Waals surface area contributed by atoms with Crippen molar-refractivity contribution in [2.24, 2.45) is 0 Å². The van der Waals surface area contributed by atoms with Gasteiger partial charge in [0.1, 0.15) is 12.2 Å². The van der Waals surface area contributed by atoms with Gasteiger partial charge in [0.2, 0.25) is 5.91 Å². The molecule has 0 saturated heterocycles. The van der Waals surface area contributed by atoms with Crippen LogP contribution in [-0.2, 0) is 11.3 Å². The van der Waals surface area contributed by atoms with Crippen LogP contribution in [0.4, 0.5) is 23.2 Å². The third kappa shape index (κ3) is 4.30. The first kappa shape index (κ1) is 24.8. The van der Waals surface area contributed by atoms with Gasteiger partial charge < -0.3 is 18.8 Å². The van der Waals surface area contributed by atoms with Crippen LogP contribution in [0.2, 0.25) is 0 Å². The van der Waals surface area contributed by atoms with E-state index in [0.717, 1.165) is 21.7 Å². The molecule has 0 radical (unpaired) electrons. The third-order valence-corrected chi connectivity index (χ3v) is 5.92. The molecule has 0 spiro atoms. The fraction of sp³-hybridized carbons (Fsp3) is 0.200. The first-order valence-corrected chi connectivity index (χ1v) is 11.0. The first-order valence-electron chi connectivity index (χ1n) is 11.0. The number of hydrogen-bond donors (Lipinski definition) is 0. The predicted octanol–water partition coefficient (Wildman–Crippen LogP) is 4.76. The standard InChI is InChI=1S/C25H16F4N4O5/c1-12-5-18-19(38-25(28,29)37-18)9-17(12)32(2)20(34)11-33-24(35)16-3-4-36-22(16)21(31-33)14-6-13(10-30)7-15(8-14)23(26)27/h3-9,23H,11H2,1-2H3. The first-order chi connectivity index (χ1) is 18.0. The number of nitrogens with zero attached hydrogens (tertiary/aromatic N) is 4. The van der Waals surface area contributed by atoms with Crippen LogP contribution in [-0.4, -0.2) is 29.0 Å². The molecule has 5 rings (SSSR count). The van der Waals surface area contributed by atoms with E-state index in [1.165, 1.54) is 37.6 Å². The predicted molar refractivity (Wildman–Crippen MR) is 124 cm³/mol. The van der Waals surface area contributed by atoms with E-state index in [2.05, 4.69) is 14.6 Å². The highest BCUT2D eigenvalue weighted by Crippen LogP contribution is 2.44. The smallest absolute Gasteiger partial charge is 0.462 e. The number of furan rings is 1. The average Bonchev–Trinajstić information content (AvgIpc) is 3.47. The number of aromatic nitrogens is 2. The molecule has 3 heterocycles. The second-order valence-corrected chi connectivity index (χ2v) is 8.44. The Kier molecular flexibility index (Phi) is 5.82. The number of benzene rings is 2. The number of alkyl halides is 4. The number of anilines is 1. The van der Waals surface area contributed by atoms with Crippen molar-refractivity contribution >= 4 is 22.6 Å². The van der Waals surface area contributed by atoms with Crippen LogP contribution in [0, 0.1) is 18.3 Å². The van der Waals surface area contributed by atoms with E-state index < -0.39 is 36.3 Å². The van der Waals surface area contributed by atoms with Gasteiger partial charge in [0.15, 0.2) is 17.1 Å². The molecule has 0 unspecified atom stereocenters. The van der Waals surface area contributed by atoms with Crippen molar-refractivity contribution in [3.05, 3.63) is 69.7 Å². The zero-order valence-corrected chi connectivity index (χ0v) is 19.7. The Morgan fingerprint density at radius 2 is 1.89 bits per heavy atom. The highest BCUT2D eigenvalue weighted by Gasteiger charge is 2.44. The summed E-state index contributed by atoms with van der Waals surface area (Å²) in [6.07, 6.45) is -5.50. The zero-order chi connectivity index (χ0) is 27.4. The van der Waals surface area contributed by atoms with Crippen LogP contribution in [0.3, 0.4) is 0 Å². The summed E-state index contributed by atoms with van der Waals surface area (Å²) in [7, 11) is 1.37. The van der Waals surface area contributed by atoms with Crippen molar-refractivity contribution in [2.75, 3.05) is 11.9 Å². The molecular formula is C25H16F4N4O5. The van der Waals surface area contributed by atoms with Crippen molar-refractivity contribution in [1.29, 1.82) is 5.26 Å². The fourth-order valence-corrected chi connectivity index (χ4v) is 4.10. The Morgan fingerprint density at radius 3 is 2.58 bits per heavy atom. The molecule has 13 heteroatoms. The van der Waals surface area contributed by atoms with Crippen LogP contribution >= 0.6 is 0 Å². The maximum absolute atomic E-state index is 13.4. The number of rotatable bonds is 5. The molecule has 9 nitrogen and oxygen atoms in total. The molecule has 2 aromatic heterocycles. The molecule has 1 aliphatic heterocycles. The molecule has 4 aromatic rings. The van der Waals surface area contributed by atoms with Crippen LogP contribution in [0.15, 0.2) is 51.9 Å². The Bertz CT molecular complexity index is 1710. The van der Waals surface area contributed by atoms with Gasteiger partial charge in [-0.1, -0.05) is 0 Å². The number of hydrogen-bond acceptors (Lipinski definition) is 7. The van der Waals surface area contributed by atoms with E-state index in [1.54, 1.807) is 13.0 Å². The molecule has 0 fully saturated rings. The molecule has 38 heavy (non-hydrogen) atoms. The van der Waals surface area contributed by atoms with Crippen LogP contribution < -0.4 is 19.9 Å². The third-order valence-electron chi connectivity index (χ3n) is 5.92. The Labute approximate surface area is 211 Å². The zero-order valence-electron chi connectivity index (χ0n) is 19.7. The highest BCUT2D eigenvalue weighted by atomic mass is 19.3. The number of amides is 1. The van der Waals surface area contributed by atoms with E-state index in [9.17, 15) is 32.4 Å². The van der Waals surface area contributed by atoms with Crippen molar-refractivity contribution < 1.29 is 36.2 Å². The maximum Gasteiger partial charge on any atom is 0.586 e. The van der Waals surface area contributed by atoms with E-state index in [0.29, 0.717) is 5.56 Å². The number of ether oxygens (including phenoxy) is 2. The summed E-state index contributed by atoms with van der Waals surface area (Å²) in [5, 5.41) is 13.5.